The van der Waals surface area contributed by atoms with E-state index in [-0.39, 0.29) is 11.6 Å². The van der Waals surface area contributed by atoms with Crippen molar-refractivity contribution in [2.75, 3.05) is 23.3 Å². The van der Waals surface area contributed by atoms with Crippen LogP contribution in [0.1, 0.15) is 58.5 Å². The number of hydrogen-bond donors (Lipinski definition) is 1. The molecule has 4 nitrogen and oxygen atoms in total. The normalized spacial score (nSPS) is 14.9. The number of nitrogens with one attached hydrogen (secondary N) is 1. The van der Waals surface area contributed by atoms with Crippen LogP contribution in [0.25, 0.3) is 0 Å². The average molecular weight is 397 g/mol. The summed E-state index contributed by atoms with van der Waals surface area (Å²) in [6, 6.07) is 3.53. The van der Waals surface area contributed by atoms with Gasteiger partial charge in [0.25, 0.3) is 5.91 Å². The fourth-order valence-electron chi connectivity index (χ4n) is 3.10. The highest BCUT2D eigenvalue weighted by Crippen LogP contribution is 2.37. The lowest BCUT2D eigenvalue weighted by Gasteiger charge is -2.22. The minimum Gasteiger partial charge on any atom is -0.370 e. The van der Waals surface area contributed by atoms with Crippen molar-refractivity contribution in [1.29, 1.82) is 0 Å². The van der Waals surface area contributed by atoms with Crippen LogP contribution in [0.4, 0.5) is 24.5 Å². The van der Waals surface area contributed by atoms with E-state index in [4.69, 9.17) is 0 Å². The Morgan fingerprint density at radius 3 is 2.48 bits per heavy atom. The molecule has 1 aliphatic heterocycles. The van der Waals surface area contributed by atoms with Gasteiger partial charge in [-0.3, -0.25) is 4.79 Å². The molecule has 2 aromatic rings. The standard InChI is InChI=1S/C19H22F3N3OS/c1-11(2)18-23-12(3)16(27-18)17(26)24-14-10-13(19(20,21)22)6-7-15(14)25-8-4-5-9-25/h6-7,10-11H,4-5,8-9H2,1-3H3,(H,24,26). The predicted molar refractivity (Wildman–Crippen MR) is 102 cm³/mol. The van der Waals surface area contributed by atoms with Gasteiger partial charge in [0.05, 0.1) is 27.6 Å². The number of amides is 1. The maximum Gasteiger partial charge on any atom is 0.416 e. The maximum atomic E-state index is 13.2. The van der Waals surface area contributed by atoms with Gasteiger partial charge in [-0.05, 0) is 38.0 Å². The Morgan fingerprint density at radius 2 is 1.93 bits per heavy atom. The molecule has 146 valence electrons. The molecule has 0 unspecified atom stereocenters. The van der Waals surface area contributed by atoms with Crippen LogP contribution in [0, 0.1) is 6.92 Å². The minimum absolute atomic E-state index is 0.184. The molecule has 1 fully saturated rings. The van der Waals surface area contributed by atoms with Crippen LogP contribution in [0.5, 0.6) is 0 Å². The van der Waals surface area contributed by atoms with Gasteiger partial charge < -0.3 is 10.2 Å². The first-order valence-corrected chi connectivity index (χ1v) is 9.73. The lowest BCUT2D eigenvalue weighted by atomic mass is 10.1. The molecular formula is C19H22F3N3OS. The molecule has 0 atom stereocenters. The van der Waals surface area contributed by atoms with E-state index in [1.165, 1.54) is 17.4 Å². The second kappa shape index (κ2) is 7.50. The molecule has 1 aliphatic rings. The number of carbonyl (C=O) groups excluding carboxylic acids is 1. The largest absolute Gasteiger partial charge is 0.416 e. The van der Waals surface area contributed by atoms with Crippen molar-refractivity contribution >= 4 is 28.6 Å². The van der Waals surface area contributed by atoms with Crippen LogP contribution >= 0.6 is 11.3 Å². The Balaban J connectivity index is 1.95. The van der Waals surface area contributed by atoms with Crippen molar-refractivity contribution < 1.29 is 18.0 Å². The summed E-state index contributed by atoms with van der Waals surface area (Å²) in [5, 5.41) is 3.53. The van der Waals surface area contributed by atoms with Crippen LogP contribution in [-0.4, -0.2) is 24.0 Å². The highest BCUT2D eigenvalue weighted by Gasteiger charge is 2.32. The molecule has 27 heavy (non-hydrogen) atoms. The minimum atomic E-state index is -4.46. The number of carbonyl (C=O) groups is 1. The van der Waals surface area contributed by atoms with Crippen molar-refractivity contribution in [3.8, 4) is 0 Å². The number of hydrogen-bond acceptors (Lipinski definition) is 4. The second-order valence-electron chi connectivity index (χ2n) is 7.00. The van der Waals surface area contributed by atoms with E-state index in [1.54, 1.807) is 6.92 Å². The highest BCUT2D eigenvalue weighted by atomic mass is 32.1. The van der Waals surface area contributed by atoms with Gasteiger partial charge in [0.2, 0.25) is 0 Å². The van der Waals surface area contributed by atoms with Gasteiger partial charge in [0.1, 0.15) is 4.88 Å². The zero-order chi connectivity index (χ0) is 19.8. The highest BCUT2D eigenvalue weighted by molar-refractivity contribution is 7.14. The fraction of sp³-hybridized carbons (Fsp3) is 0.474. The van der Waals surface area contributed by atoms with Gasteiger partial charge >= 0.3 is 6.18 Å². The summed E-state index contributed by atoms with van der Waals surface area (Å²) >= 11 is 1.28. The molecule has 2 heterocycles. The molecule has 1 saturated heterocycles. The van der Waals surface area contributed by atoms with Crippen molar-refractivity contribution in [3.05, 3.63) is 39.3 Å². The number of thiazole rings is 1. The number of benzene rings is 1. The zero-order valence-corrected chi connectivity index (χ0v) is 16.3. The molecule has 1 aromatic heterocycles. The van der Waals surface area contributed by atoms with E-state index in [2.05, 4.69) is 10.3 Å². The molecule has 0 aliphatic carbocycles. The van der Waals surface area contributed by atoms with Crippen molar-refractivity contribution in [2.45, 2.75) is 45.7 Å². The Labute approximate surface area is 160 Å². The van der Waals surface area contributed by atoms with Crippen molar-refractivity contribution in [2.24, 2.45) is 0 Å². The van der Waals surface area contributed by atoms with Gasteiger partial charge in [-0.2, -0.15) is 13.2 Å². The first-order valence-electron chi connectivity index (χ1n) is 8.91. The lowest BCUT2D eigenvalue weighted by Crippen LogP contribution is -2.22. The smallest absolute Gasteiger partial charge is 0.370 e. The number of aromatic nitrogens is 1. The summed E-state index contributed by atoms with van der Waals surface area (Å²) in [6.45, 7) is 7.25. The zero-order valence-electron chi connectivity index (χ0n) is 15.5. The first kappa shape index (κ1) is 19.7. The Hall–Kier alpha value is -2.09. The van der Waals surface area contributed by atoms with E-state index >= 15 is 0 Å². The quantitative estimate of drug-likeness (QED) is 0.747. The molecule has 1 aromatic carbocycles. The second-order valence-corrected chi connectivity index (χ2v) is 8.03. The molecule has 8 heteroatoms. The maximum absolute atomic E-state index is 13.2. The van der Waals surface area contributed by atoms with Gasteiger partial charge in [0, 0.05) is 19.0 Å². The van der Waals surface area contributed by atoms with Gasteiger partial charge in [-0.25, -0.2) is 4.98 Å². The van der Waals surface area contributed by atoms with Gasteiger partial charge in [0.15, 0.2) is 0 Å². The van der Waals surface area contributed by atoms with Crippen LogP contribution in [0.3, 0.4) is 0 Å². The third kappa shape index (κ3) is 4.26. The monoisotopic (exact) mass is 397 g/mol. The predicted octanol–water partition coefficient (Wildman–Crippen LogP) is 5.45. The first-order chi connectivity index (χ1) is 12.7. The fourth-order valence-corrected chi connectivity index (χ4v) is 4.06. The number of halogens is 3. The van der Waals surface area contributed by atoms with Crippen LogP contribution in [0.2, 0.25) is 0 Å². The van der Waals surface area contributed by atoms with Crippen molar-refractivity contribution in [1.82, 2.24) is 4.98 Å². The van der Waals surface area contributed by atoms with E-state index in [1.807, 2.05) is 18.7 Å². The third-order valence-corrected chi connectivity index (χ3v) is 5.99. The average Bonchev–Trinajstić information content (AvgIpc) is 3.23. The Kier molecular flexibility index (Phi) is 5.46. The molecule has 3 rings (SSSR count). The Morgan fingerprint density at radius 1 is 1.26 bits per heavy atom. The number of aryl methyl sites for hydroxylation is 1. The number of anilines is 2. The van der Waals surface area contributed by atoms with E-state index < -0.39 is 17.6 Å². The van der Waals surface area contributed by atoms with Crippen molar-refractivity contribution in [3.63, 3.8) is 0 Å². The summed E-state index contributed by atoms with van der Waals surface area (Å²) < 4.78 is 39.5. The number of nitrogens with zero attached hydrogens (tertiary/aromatic N) is 2. The van der Waals surface area contributed by atoms with Crippen LogP contribution < -0.4 is 10.2 Å². The molecular weight excluding hydrogens is 375 g/mol. The Bertz CT molecular complexity index is 839. The lowest BCUT2D eigenvalue weighted by molar-refractivity contribution is -0.137. The summed E-state index contributed by atoms with van der Waals surface area (Å²) in [5.74, 6) is -0.236. The molecule has 0 bridgehead atoms. The summed E-state index contributed by atoms with van der Waals surface area (Å²) in [7, 11) is 0. The number of alkyl halides is 3. The van der Waals surface area contributed by atoms with Gasteiger partial charge in [-0.15, -0.1) is 11.3 Å². The molecule has 0 radical (unpaired) electrons. The van der Waals surface area contributed by atoms with Crippen LogP contribution in [-0.2, 0) is 6.18 Å². The van der Waals surface area contributed by atoms with E-state index in [0.29, 0.717) is 16.3 Å². The molecule has 1 amide bonds. The molecule has 0 spiro atoms. The number of rotatable bonds is 4. The summed E-state index contributed by atoms with van der Waals surface area (Å²) in [6.07, 6.45) is -2.49. The molecule has 1 N–H and O–H groups in total. The van der Waals surface area contributed by atoms with E-state index in [9.17, 15) is 18.0 Å². The molecule has 0 saturated carbocycles. The third-order valence-electron chi connectivity index (χ3n) is 4.53. The summed E-state index contributed by atoms with van der Waals surface area (Å²) in [5.41, 5.74) is 0.635. The van der Waals surface area contributed by atoms with E-state index in [0.717, 1.165) is 43.1 Å². The summed E-state index contributed by atoms with van der Waals surface area (Å²) in [4.78, 5) is 19.6. The van der Waals surface area contributed by atoms with Crippen LogP contribution in [0.15, 0.2) is 18.2 Å². The SMILES string of the molecule is Cc1nc(C(C)C)sc1C(=O)Nc1cc(C(F)(F)F)ccc1N1CCCC1. The van der Waals surface area contributed by atoms with Gasteiger partial charge in [-0.1, -0.05) is 13.8 Å². The topological polar surface area (TPSA) is 45.2 Å².